The lowest BCUT2D eigenvalue weighted by Crippen LogP contribution is -2.57. The van der Waals surface area contributed by atoms with Gasteiger partial charge in [0.2, 0.25) is 0 Å². The fourth-order valence-electron chi connectivity index (χ4n) is 14.6. The van der Waals surface area contributed by atoms with Crippen molar-refractivity contribution in [2.45, 2.75) is 221 Å². The summed E-state index contributed by atoms with van der Waals surface area (Å²) in [5, 5.41) is 24.0. The molecule has 8 rings (SSSR count). The molecule has 0 aromatic heterocycles. The second-order valence-electron chi connectivity index (χ2n) is 37.8. The molecule has 4 aliphatic rings. The zero-order valence-electron chi connectivity index (χ0n) is 76.3. The molecule has 0 radical (unpaired) electrons. The van der Waals surface area contributed by atoms with E-state index in [9.17, 15) is 58.2 Å². The number of hydrogen-bond donors (Lipinski definition) is 2. The summed E-state index contributed by atoms with van der Waals surface area (Å²) in [6.07, 6.45) is -4.16. The molecule has 4 aliphatic heterocycles. The normalized spacial score (nSPS) is 20.7. The average molecular weight is 1740 g/mol. The highest BCUT2D eigenvalue weighted by atomic mass is 16.6. The third-order valence-electron chi connectivity index (χ3n) is 20.0. The molecule has 0 spiro atoms. The second-order valence-corrected chi connectivity index (χ2v) is 37.8. The largest absolute Gasteiger partial charge is 0.459 e. The van der Waals surface area contributed by atoms with Crippen LogP contribution < -0.4 is 0 Å². The number of ether oxygens (including phenoxy) is 10. The summed E-state index contributed by atoms with van der Waals surface area (Å²) in [4.78, 5) is 153. The van der Waals surface area contributed by atoms with Crippen LogP contribution in [0.1, 0.15) is 147 Å². The number of likely N-dealkylation sites (tertiary alicyclic amines) is 2. The lowest BCUT2D eigenvalue weighted by molar-refractivity contribution is -0.158. The van der Waals surface area contributed by atoms with Crippen LogP contribution in [-0.4, -0.2) is 346 Å². The maximum absolute atomic E-state index is 14.3. The van der Waals surface area contributed by atoms with Crippen molar-refractivity contribution in [2.24, 2.45) is 0 Å². The summed E-state index contributed by atoms with van der Waals surface area (Å²) in [6.45, 7) is 36.8. The van der Waals surface area contributed by atoms with Crippen LogP contribution in [0.2, 0.25) is 0 Å². The van der Waals surface area contributed by atoms with Gasteiger partial charge < -0.3 is 57.6 Å². The van der Waals surface area contributed by atoms with Crippen LogP contribution in [-0.2, 0) is 112 Å². The van der Waals surface area contributed by atoms with E-state index in [0.29, 0.717) is 65.4 Å². The molecule has 688 valence electrons. The topological polar surface area (TPSA) is 336 Å². The third-order valence-corrected chi connectivity index (χ3v) is 20.0. The van der Waals surface area contributed by atoms with Gasteiger partial charge in [0.05, 0.1) is 64.0 Å². The Morgan fingerprint density at radius 2 is 0.508 bits per heavy atom. The van der Waals surface area contributed by atoms with Crippen molar-refractivity contribution < 1.29 is 106 Å². The number of rotatable bonds is 24. The van der Waals surface area contributed by atoms with Crippen molar-refractivity contribution in [2.75, 3.05) is 157 Å². The highest BCUT2D eigenvalue weighted by molar-refractivity contribution is 5.84. The minimum atomic E-state index is -1.39. The molecule has 4 heterocycles. The smallest absolute Gasteiger partial charge is 0.410 e. The first-order valence-electron chi connectivity index (χ1n) is 43.0. The third kappa shape index (κ3) is 37.9. The van der Waals surface area contributed by atoms with E-state index in [0.717, 1.165) is 22.3 Å². The first-order chi connectivity index (χ1) is 58.1. The number of β-amino-alcohol motifs (C(OH)–C–C–N with tert-alkyl or cyclic N) is 1. The van der Waals surface area contributed by atoms with Gasteiger partial charge in [0.25, 0.3) is 0 Å². The lowest BCUT2D eigenvalue weighted by atomic mass is 10.0. The Balaban J connectivity index is 0.000000341. The number of aliphatic hydroxyl groups excluding tert-OH is 2. The van der Waals surface area contributed by atoms with Crippen molar-refractivity contribution in [1.82, 2.24) is 49.0 Å². The van der Waals surface area contributed by atoms with Crippen LogP contribution in [0.25, 0.3) is 0 Å². The number of aliphatic hydroxyl groups is 2. The minimum absolute atomic E-state index is 0.00379. The molecule has 4 saturated heterocycles. The van der Waals surface area contributed by atoms with Gasteiger partial charge in [-0.3, -0.25) is 77.8 Å². The van der Waals surface area contributed by atoms with Crippen LogP contribution in [0.4, 0.5) is 9.59 Å². The summed E-state index contributed by atoms with van der Waals surface area (Å²) in [7, 11) is 0. The van der Waals surface area contributed by atoms with E-state index in [1.807, 2.05) is 181 Å². The molecule has 124 heavy (non-hydrogen) atoms. The molecular formula is C92H138N10O22. The first kappa shape index (κ1) is 102. The predicted molar refractivity (Wildman–Crippen MR) is 463 cm³/mol. The molecule has 0 bridgehead atoms. The Morgan fingerprint density at radius 3 is 0.758 bits per heavy atom. The van der Waals surface area contributed by atoms with Gasteiger partial charge in [-0.25, -0.2) is 19.2 Å². The Labute approximate surface area is 732 Å². The van der Waals surface area contributed by atoms with Gasteiger partial charge in [-0.1, -0.05) is 121 Å². The quantitative estimate of drug-likeness (QED) is 0.0508. The summed E-state index contributed by atoms with van der Waals surface area (Å²) < 4.78 is 57.1. The van der Waals surface area contributed by atoms with Crippen LogP contribution >= 0.6 is 0 Å². The fourth-order valence-corrected chi connectivity index (χ4v) is 14.6. The highest BCUT2D eigenvalue weighted by Gasteiger charge is 2.53. The predicted octanol–water partition coefficient (Wildman–Crippen LogP) is 7.45. The van der Waals surface area contributed by atoms with Gasteiger partial charge in [0, 0.05) is 111 Å². The van der Waals surface area contributed by atoms with Crippen molar-refractivity contribution in [1.29, 1.82) is 0 Å². The maximum Gasteiger partial charge on any atom is 0.410 e. The van der Waals surface area contributed by atoms with Gasteiger partial charge in [-0.15, -0.1) is 0 Å². The van der Waals surface area contributed by atoms with Crippen LogP contribution in [0.15, 0.2) is 121 Å². The zero-order chi connectivity index (χ0) is 91.3. The highest BCUT2D eigenvalue weighted by Crippen LogP contribution is 2.30. The summed E-state index contributed by atoms with van der Waals surface area (Å²) in [6, 6.07) is 32.2. The van der Waals surface area contributed by atoms with Crippen molar-refractivity contribution in [3.05, 3.63) is 144 Å². The molecule has 6 atom stereocenters. The van der Waals surface area contributed by atoms with Crippen LogP contribution in [0.3, 0.4) is 0 Å². The number of nitrogens with zero attached hydrogens (tertiary/aromatic N) is 10. The van der Waals surface area contributed by atoms with E-state index >= 15 is 0 Å². The number of carbonyl (C=O) groups excluding carboxylic acids is 10. The molecule has 32 heteroatoms. The number of benzene rings is 4. The van der Waals surface area contributed by atoms with E-state index in [-0.39, 0.29) is 118 Å². The molecule has 2 N–H and O–H groups in total. The molecule has 0 aliphatic carbocycles. The number of amides is 2. The molecule has 0 saturated carbocycles. The summed E-state index contributed by atoms with van der Waals surface area (Å²) in [5.74, 6) is -4.01. The van der Waals surface area contributed by atoms with Gasteiger partial charge in [0.1, 0.15) is 66.1 Å². The molecule has 4 aromatic rings. The zero-order valence-corrected chi connectivity index (χ0v) is 76.3. The number of carbonyl (C=O) groups is 10. The SMILES string of the molecule is CC(C)(C)OC(=O)CN1CCN(CC(=O)OC(C)(C)C)CCN([C@@H]2CN(C(=O)OCc3ccccc3)[C@H](C(=O)OCc3ccccc3)[C@H]2O)CCN(CC(=O)OC(C)(C)C)CC1.CC(C)(C)OC(=O)CN1CCN(CC(=O)OC(C)(C)C)CCN([C@H]2[C@@H](C(=O)OCc3ccccc3)N(C(=O)OCc3ccccc3)C[C@@H]2O)CCN(CC(=O)OC(C)(C)C)CC1. The van der Waals surface area contributed by atoms with E-state index < -0.39 is 130 Å². The van der Waals surface area contributed by atoms with Gasteiger partial charge in [-0.05, 0) is 147 Å². The fraction of sp³-hybridized carbons (Fsp3) is 0.630. The van der Waals surface area contributed by atoms with E-state index in [4.69, 9.17) is 47.4 Å². The van der Waals surface area contributed by atoms with E-state index in [2.05, 4.69) is 0 Å². The standard InChI is InChI=1S/2C46H69N5O11/c1-44(2,3)60-37(52)29-47-20-22-48(30-38(53)61-45(4,5)6)24-26-50(27-25-49(23-21-47)31-39(54)62-46(7,8)9)36-28-51(43(57)59-33-35-18-14-11-15-19-35)40(41(36)55)42(56)58-32-34-16-12-10-13-17-34;1-44(2,3)60-37(53)29-47-20-22-48(30-38(54)61-45(4,5)6)24-26-50(27-25-49(23-21-47)31-39(55)62-46(7,8)9)40-36(52)28-51(43(57)59-33-35-18-14-11-15-19-35)41(40)42(56)58-32-34-16-12-10-13-17-34/h10-19,36,40-41,55H,20-33H2,1-9H3;10-19,36,40-41,52H,20-33H2,1-9H3/t36-,40+,41+;36-,40+,41-/m10/s1. The Hall–Kier alpha value is -9.22. The monoisotopic (exact) mass is 1730 g/mol. The maximum atomic E-state index is 14.3. The minimum Gasteiger partial charge on any atom is -0.459 e. The Bertz CT molecular complexity index is 3890. The molecule has 32 nitrogen and oxygen atoms in total. The molecule has 2 amide bonds. The van der Waals surface area contributed by atoms with E-state index in [1.54, 1.807) is 104 Å². The Morgan fingerprint density at radius 1 is 0.290 bits per heavy atom. The van der Waals surface area contributed by atoms with Crippen molar-refractivity contribution >= 4 is 59.9 Å². The van der Waals surface area contributed by atoms with E-state index in [1.165, 1.54) is 9.80 Å². The number of hydrogen-bond acceptors (Lipinski definition) is 30. The average Bonchev–Trinajstić information content (AvgIpc) is 1.64. The van der Waals surface area contributed by atoms with Crippen LogP contribution in [0.5, 0.6) is 0 Å². The van der Waals surface area contributed by atoms with Crippen LogP contribution in [0, 0.1) is 0 Å². The Kier molecular flexibility index (Phi) is 38.9. The second kappa shape index (κ2) is 47.4. The lowest BCUT2D eigenvalue weighted by Gasteiger charge is -2.38. The summed E-state index contributed by atoms with van der Waals surface area (Å²) in [5.41, 5.74) is -1.27. The molecule has 4 fully saturated rings. The van der Waals surface area contributed by atoms with Crippen molar-refractivity contribution in [3.63, 3.8) is 0 Å². The number of esters is 8. The van der Waals surface area contributed by atoms with Gasteiger partial charge in [-0.2, -0.15) is 0 Å². The molecule has 4 aromatic carbocycles. The van der Waals surface area contributed by atoms with Gasteiger partial charge >= 0.3 is 59.9 Å². The molecular weight excluding hydrogens is 1600 g/mol. The van der Waals surface area contributed by atoms with Gasteiger partial charge in [0.15, 0.2) is 12.1 Å². The molecule has 0 unspecified atom stereocenters. The first-order valence-corrected chi connectivity index (χ1v) is 43.0. The summed E-state index contributed by atoms with van der Waals surface area (Å²) >= 11 is 0. The van der Waals surface area contributed by atoms with Crippen molar-refractivity contribution in [3.8, 4) is 0 Å².